The van der Waals surface area contributed by atoms with Crippen LogP contribution in [0.15, 0.2) is 30.3 Å². The van der Waals surface area contributed by atoms with E-state index in [1.165, 1.54) is 0 Å². The first kappa shape index (κ1) is 17.0. The zero-order chi connectivity index (χ0) is 15.3. The van der Waals surface area contributed by atoms with Gasteiger partial charge in [-0.2, -0.15) is 5.26 Å². The summed E-state index contributed by atoms with van der Waals surface area (Å²) in [4.78, 5) is 13.5. The summed E-state index contributed by atoms with van der Waals surface area (Å²) in [7, 11) is 0. The van der Waals surface area contributed by atoms with Crippen LogP contribution in [0.25, 0.3) is 0 Å². The lowest BCUT2D eigenvalue weighted by atomic mass is 10.1. The molecule has 0 N–H and O–H groups in total. The van der Waals surface area contributed by atoms with Gasteiger partial charge in [-0.1, -0.05) is 24.6 Å². The van der Waals surface area contributed by atoms with Crippen LogP contribution in [0, 0.1) is 11.3 Å². The first-order valence-electron chi connectivity index (χ1n) is 7.60. The summed E-state index contributed by atoms with van der Waals surface area (Å²) in [6.07, 6.45) is 3.89. The van der Waals surface area contributed by atoms with E-state index in [2.05, 4.69) is 23.1 Å². The highest BCUT2D eigenvalue weighted by Gasteiger charge is 2.06. The molecule has 0 heterocycles. The number of rotatable bonds is 10. The molecule has 0 radical (unpaired) electrons. The van der Waals surface area contributed by atoms with Crippen LogP contribution in [0.5, 0.6) is 0 Å². The second kappa shape index (κ2) is 10.7. The number of hydrogen-bond acceptors (Lipinski definition) is 4. The lowest BCUT2D eigenvalue weighted by molar-refractivity contribution is -0.143. The van der Waals surface area contributed by atoms with Gasteiger partial charge in [0.05, 0.1) is 19.1 Å². The zero-order valence-electron chi connectivity index (χ0n) is 12.8. The van der Waals surface area contributed by atoms with Gasteiger partial charge in [-0.05, 0) is 31.9 Å². The summed E-state index contributed by atoms with van der Waals surface area (Å²) >= 11 is 0. The van der Waals surface area contributed by atoms with E-state index in [0.717, 1.165) is 38.0 Å². The Morgan fingerprint density at radius 1 is 1.19 bits per heavy atom. The third kappa shape index (κ3) is 7.36. The Morgan fingerprint density at radius 2 is 1.95 bits per heavy atom. The summed E-state index contributed by atoms with van der Waals surface area (Å²) in [5.41, 5.74) is 1.15. The van der Waals surface area contributed by atoms with Crippen LogP contribution in [0.4, 0.5) is 5.69 Å². The highest BCUT2D eigenvalue weighted by molar-refractivity contribution is 5.69. The number of ether oxygens (including phenoxy) is 1. The van der Waals surface area contributed by atoms with Gasteiger partial charge in [0.25, 0.3) is 0 Å². The van der Waals surface area contributed by atoms with Gasteiger partial charge in [-0.3, -0.25) is 4.79 Å². The van der Waals surface area contributed by atoms with Crippen molar-refractivity contribution in [3.63, 3.8) is 0 Å². The third-order valence-corrected chi connectivity index (χ3v) is 3.23. The Bertz CT molecular complexity index is 440. The molecule has 114 valence electrons. The minimum Gasteiger partial charge on any atom is -0.466 e. The molecule has 0 spiro atoms. The summed E-state index contributed by atoms with van der Waals surface area (Å²) in [5, 5.41) is 8.76. The molecule has 1 rings (SSSR count). The van der Waals surface area contributed by atoms with Crippen LogP contribution in [-0.2, 0) is 9.53 Å². The molecule has 0 amide bonds. The van der Waals surface area contributed by atoms with Crippen LogP contribution in [0.2, 0.25) is 0 Å². The SMILES string of the molecule is CCOC(=O)CCCCCN(CCC#N)c1ccccc1. The molecule has 0 aliphatic carbocycles. The van der Waals surface area contributed by atoms with Gasteiger partial charge < -0.3 is 9.64 Å². The maximum absolute atomic E-state index is 11.2. The quantitative estimate of drug-likeness (QED) is 0.488. The predicted octanol–water partition coefficient (Wildman–Crippen LogP) is 3.53. The first-order chi connectivity index (χ1) is 10.3. The molecule has 0 saturated carbocycles. The van der Waals surface area contributed by atoms with Gasteiger partial charge >= 0.3 is 5.97 Å². The van der Waals surface area contributed by atoms with E-state index in [0.29, 0.717) is 19.4 Å². The lowest BCUT2D eigenvalue weighted by Gasteiger charge is -2.23. The monoisotopic (exact) mass is 288 g/mol. The number of anilines is 1. The van der Waals surface area contributed by atoms with Gasteiger partial charge in [0.2, 0.25) is 0 Å². The van der Waals surface area contributed by atoms with Crippen LogP contribution in [-0.4, -0.2) is 25.7 Å². The molecular formula is C17H24N2O2. The molecule has 21 heavy (non-hydrogen) atoms. The molecule has 0 atom stereocenters. The smallest absolute Gasteiger partial charge is 0.305 e. The van der Waals surface area contributed by atoms with E-state index in [9.17, 15) is 4.79 Å². The molecule has 4 nitrogen and oxygen atoms in total. The van der Waals surface area contributed by atoms with Crippen molar-refractivity contribution in [1.82, 2.24) is 0 Å². The average molecular weight is 288 g/mol. The number of hydrogen-bond donors (Lipinski definition) is 0. The van der Waals surface area contributed by atoms with Crippen LogP contribution >= 0.6 is 0 Å². The zero-order valence-corrected chi connectivity index (χ0v) is 12.8. The molecule has 0 aliphatic rings. The van der Waals surface area contributed by atoms with E-state index < -0.39 is 0 Å². The van der Waals surface area contributed by atoms with E-state index >= 15 is 0 Å². The van der Waals surface area contributed by atoms with E-state index in [-0.39, 0.29) is 5.97 Å². The highest BCUT2D eigenvalue weighted by Crippen LogP contribution is 2.15. The van der Waals surface area contributed by atoms with Crippen molar-refractivity contribution in [3.8, 4) is 6.07 Å². The first-order valence-corrected chi connectivity index (χ1v) is 7.60. The number of para-hydroxylation sites is 1. The number of nitrogens with zero attached hydrogens (tertiary/aromatic N) is 2. The van der Waals surface area contributed by atoms with Gasteiger partial charge in [0.1, 0.15) is 0 Å². The summed E-state index contributed by atoms with van der Waals surface area (Å²) in [6, 6.07) is 12.3. The number of nitriles is 1. The van der Waals surface area contributed by atoms with Crippen molar-refractivity contribution in [2.24, 2.45) is 0 Å². The minimum absolute atomic E-state index is 0.109. The predicted molar refractivity (Wildman–Crippen MR) is 84.0 cm³/mol. The van der Waals surface area contributed by atoms with E-state index in [1.807, 2.05) is 25.1 Å². The molecule has 1 aromatic carbocycles. The lowest BCUT2D eigenvalue weighted by Crippen LogP contribution is -2.25. The van der Waals surface area contributed by atoms with Gasteiger partial charge in [-0.15, -0.1) is 0 Å². The Balaban J connectivity index is 2.31. The van der Waals surface area contributed by atoms with Crippen molar-refractivity contribution in [2.45, 2.75) is 39.0 Å². The summed E-state index contributed by atoms with van der Waals surface area (Å²) < 4.78 is 4.91. The fourth-order valence-electron chi connectivity index (χ4n) is 2.18. The molecule has 0 unspecified atom stereocenters. The van der Waals surface area contributed by atoms with Gasteiger partial charge in [0, 0.05) is 25.2 Å². The summed E-state index contributed by atoms with van der Waals surface area (Å²) in [6.45, 7) is 3.94. The van der Waals surface area contributed by atoms with Crippen molar-refractivity contribution < 1.29 is 9.53 Å². The Morgan fingerprint density at radius 3 is 2.62 bits per heavy atom. The maximum atomic E-state index is 11.2. The maximum Gasteiger partial charge on any atom is 0.305 e. The highest BCUT2D eigenvalue weighted by atomic mass is 16.5. The number of esters is 1. The largest absolute Gasteiger partial charge is 0.466 e. The van der Waals surface area contributed by atoms with Crippen molar-refractivity contribution >= 4 is 11.7 Å². The van der Waals surface area contributed by atoms with E-state index in [1.54, 1.807) is 0 Å². The van der Waals surface area contributed by atoms with Crippen LogP contribution < -0.4 is 4.90 Å². The Labute approximate surface area is 127 Å². The van der Waals surface area contributed by atoms with E-state index in [4.69, 9.17) is 10.00 Å². The molecule has 0 aliphatic heterocycles. The second-order valence-corrected chi connectivity index (χ2v) is 4.85. The average Bonchev–Trinajstić information content (AvgIpc) is 2.51. The van der Waals surface area contributed by atoms with Crippen LogP contribution in [0.1, 0.15) is 39.0 Å². The summed E-state index contributed by atoms with van der Waals surface area (Å²) in [5.74, 6) is -0.109. The standard InChI is InChI=1S/C17H24N2O2/c1-2-21-17(20)12-7-4-8-14-19(15-9-13-18)16-10-5-3-6-11-16/h3,5-6,10-11H,2,4,7-9,12,14-15H2,1H3. The molecule has 0 aromatic heterocycles. The Kier molecular flexibility index (Phi) is 8.70. The third-order valence-electron chi connectivity index (χ3n) is 3.23. The van der Waals surface area contributed by atoms with Gasteiger partial charge in [-0.25, -0.2) is 0 Å². The van der Waals surface area contributed by atoms with Crippen molar-refractivity contribution in [3.05, 3.63) is 30.3 Å². The van der Waals surface area contributed by atoms with Crippen molar-refractivity contribution in [2.75, 3.05) is 24.6 Å². The molecule has 0 fully saturated rings. The number of unbranched alkanes of at least 4 members (excludes halogenated alkanes) is 2. The minimum atomic E-state index is -0.109. The molecule has 1 aromatic rings. The molecule has 0 bridgehead atoms. The van der Waals surface area contributed by atoms with Gasteiger partial charge in [0.15, 0.2) is 0 Å². The normalized spacial score (nSPS) is 9.90. The number of carbonyl (C=O) groups is 1. The fourth-order valence-corrected chi connectivity index (χ4v) is 2.18. The molecular weight excluding hydrogens is 264 g/mol. The topological polar surface area (TPSA) is 53.3 Å². The molecule has 0 saturated heterocycles. The molecule has 4 heteroatoms. The second-order valence-electron chi connectivity index (χ2n) is 4.85. The van der Waals surface area contributed by atoms with Crippen LogP contribution in [0.3, 0.4) is 0 Å². The number of benzene rings is 1. The van der Waals surface area contributed by atoms with Crippen molar-refractivity contribution in [1.29, 1.82) is 5.26 Å². The Hall–Kier alpha value is -2.02. The fraction of sp³-hybridized carbons (Fsp3) is 0.529. The number of carbonyl (C=O) groups excluding carboxylic acids is 1.